The van der Waals surface area contributed by atoms with E-state index in [-0.39, 0.29) is 11.7 Å². The van der Waals surface area contributed by atoms with Crippen molar-refractivity contribution in [3.05, 3.63) is 0 Å². The maximum atomic E-state index is 12.8. The smallest absolute Gasteiger partial charge is 0.244 e. The van der Waals surface area contributed by atoms with Crippen LogP contribution in [0.15, 0.2) is 0 Å². The first kappa shape index (κ1) is 13.7. The van der Waals surface area contributed by atoms with Crippen molar-refractivity contribution in [1.82, 2.24) is 10.2 Å². The van der Waals surface area contributed by atoms with E-state index < -0.39 is 0 Å². The van der Waals surface area contributed by atoms with Crippen molar-refractivity contribution >= 4 is 17.7 Å². The zero-order chi connectivity index (χ0) is 13.5. The molecule has 3 rings (SSSR count). The predicted molar refractivity (Wildman–Crippen MR) is 80.2 cm³/mol. The second-order valence-corrected chi connectivity index (χ2v) is 7.63. The molecule has 3 nitrogen and oxygen atoms in total. The number of thioether (sulfide) groups is 1. The highest BCUT2D eigenvalue weighted by Gasteiger charge is 2.52. The largest absolute Gasteiger partial charge is 0.323 e. The highest BCUT2D eigenvalue weighted by molar-refractivity contribution is 7.99. The van der Waals surface area contributed by atoms with Gasteiger partial charge < -0.3 is 4.90 Å². The van der Waals surface area contributed by atoms with Crippen LogP contribution in [0.4, 0.5) is 0 Å². The zero-order valence-electron chi connectivity index (χ0n) is 12.2. The Labute approximate surface area is 120 Å². The molecule has 4 heteroatoms. The molecule has 1 N–H and O–H groups in total. The van der Waals surface area contributed by atoms with E-state index in [0.29, 0.717) is 11.9 Å². The fourth-order valence-electron chi connectivity index (χ4n) is 4.33. The summed E-state index contributed by atoms with van der Waals surface area (Å²) in [5.41, 5.74) is -0.185. The molecular formula is C15H26N2OS. The summed E-state index contributed by atoms with van der Waals surface area (Å²) in [5, 5.41) is 4.44. The summed E-state index contributed by atoms with van der Waals surface area (Å²) in [7, 11) is 0. The van der Waals surface area contributed by atoms with Crippen LogP contribution in [0.1, 0.15) is 58.3 Å². The van der Waals surface area contributed by atoms with Crippen molar-refractivity contribution in [2.24, 2.45) is 0 Å². The summed E-state index contributed by atoms with van der Waals surface area (Å²) in [6, 6.07) is 0.485. The Bertz CT molecular complexity index is 346. The molecule has 1 atom stereocenters. The quantitative estimate of drug-likeness (QED) is 0.845. The van der Waals surface area contributed by atoms with Gasteiger partial charge in [0.25, 0.3) is 0 Å². The van der Waals surface area contributed by atoms with Crippen molar-refractivity contribution in [2.75, 3.05) is 6.26 Å². The van der Waals surface area contributed by atoms with Crippen LogP contribution >= 0.6 is 11.8 Å². The van der Waals surface area contributed by atoms with Gasteiger partial charge in [0.05, 0.1) is 11.7 Å². The van der Waals surface area contributed by atoms with Crippen LogP contribution in [0, 0.1) is 0 Å². The van der Waals surface area contributed by atoms with Gasteiger partial charge in [0.1, 0.15) is 0 Å². The van der Waals surface area contributed by atoms with Gasteiger partial charge in [-0.25, -0.2) is 0 Å². The topological polar surface area (TPSA) is 32.3 Å². The minimum Gasteiger partial charge on any atom is -0.323 e. The van der Waals surface area contributed by atoms with Gasteiger partial charge in [-0.15, -0.1) is 0 Å². The Morgan fingerprint density at radius 1 is 1.21 bits per heavy atom. The number of hydrogen-bond donors (Lipinski definition) is 1. The summed E-state index contributed by atoms with van der Waals surface area (Å²) in [6.07, 6.45) is 11.9. The molecule has 3 fully saturated rings. The van der Waals surface area contributed by atoms with Gasteiger partial charge in [-0.3, -0.25) is 10.1 Å². The lowest BCUT2D eigenvalue weighted by atomic mass is 9.92. The lowest BCUT2D eigenvalue weighted by molar-refractivity contribution is -0.135. The van der Waals surface area contributed by atoms with Gasteiger partial charge in [0.15, 0.2) is 0 Å². The van der Waals surface area contributed by atoms with E-state index in [1.807, 2.05) is 11.8 Å². The molecule has 3 aliphatic rings. The van der Waals surface area contributed by atoms with Gasteiger partial charge in [0, 0.05) is 11.3 Å². The van der Waals surface area contributed by atoms with E-state index in [1.54, 1.807) is 0 Å². The highest BCUT2D eigenvalue weighted by atomic mass is 32.2. The lowest BCUT2D eigenvalue weighted by Crippen LogP contribution is -2.46. The number of carbonyl (C=O) groups is 1. The van der Waals surface area contributed by atoms with E-state index in [2.05, 4.69) is 23.4 Å². The van der Waals surface area contributed by atoms with Crippen molar-refractivity contribution in [3.63, 3.8) is 0 Å². The first-order chi connectivity index (χ1) is 9.16. The zero-order valence-corrected chi connectivity index (χ0v) is 13.0. The van der Waals surface area contributed by atoms with Crippen LogP contribution in [-0.2, 0) is 4.79 Å². The minimum atomic E-state index is -0.185. The Hall–Kier alpha value is -0.220. The first-order valence-corrected chi connectivity index (χ1v) is 9.08. The van der Waals surface area contributed by atoms with Crippen LogP contribution in [-0.4, -0.2) is 40.1 Å². The molecule has 108 valence electrons. The number of rotatable bonds is 2. The third kappa shape index (κ3) is 2.31. The second-order valence-electron chi connectivity index (χ2n) is 6.49. The molecule has 1 spiro atoms. The van der Waals surface area contributed by atoms with E-state index >= 15 is 0 Å². The lowest BCUT2D eigenvalue weighted by Gasteiger charge is -2.36. The molecule has 0 aromatic carbocycles. The van der Waals surface area contributed by atoms with Crippen LogP contribution in [0.25, 0.3) is 0 Å². The van der Waals surface area contributed by atoms with Crippen LogP contribution < -0.4 is 5.32 Å². The van der Waals surface area contributed by atoms with Gasteiger partial charge >= 0.3 is 0 Å². The summed E-state index contributed by atoms with van der Waals surface area (Å²) < 4.78 is 0. The van der Waals surface area contributed by atoms with Gasteiger partial charge in [0.2, 0.25) is 5.91 Å². The van der Waals surface area contributed by atoms with Crippen LogP contribution in [0.3, 0.4) is 0 Å². The molecule has 0 aromatic rings. The summed E-state index contributed by atoms with van der Waals surface area (Å²) in [6.45, 7) is 2.17. The van der Waals surface area contributed by atoms with E-state index in [4.69, 9.17) is 0 Å². The Morgan fingerprint density at radius 3 is 2.42 bits per heavy atom. The summed E-state index contributed by atoms with van der Waals surface area (Å²) in [5.74, 6) is 0.408. The molecule has 1 unspecified atom stereocenters. The van der Waals surface area contributed by atoms with Crippen molar-refractivity contribution in [2.45, 2.75) is 81.3 Å². The molecule has 1 saturated heterocycles. The molecule has 0 aromatic heterocycles. The Morgan fingerprint density at radius 2 is 1.84 bits per heavy atom. The predicted octanol–water partition coefficient (Wildman–Crippen LogP) is 2.75. The number of amides is 1. The second kappa shape index (κ2) is 5.28. The van der Waals surface area contributed by atoms with E-state index in [0.717, 1.165) is 18.1 Å². The standard InChI is InChI=1S/C15H26N2OS/c1-11-16-15(9-3-4-10-15)14(18)17(11)12-5-7-13(19-2)8-6-12/h11-13,16H,3-10H2,1-2H3. The van der Waals surface area contributed by atoms with Gasteiger partial charge in [-0.1, -0.05) is 12.8 Å². The molecule has 0 bridgehead atoms. The van der Waals surface area contributed by atoms with Crippen molar-refractivity contribution in [3.8, 4) is 0 Å². The number of nitrogens with zero attached hydrogens (tertiary/aromatic N) is 1. The number of carbonyl (C=O) groups excluding carboxylic acids is 1. The fourth-order valence-corrected chi connectivity index (χ4v) is 5.08. The normalized spacial score (nSPS) is 38.3. The fraction of sp³-hybridized carbons (Fsp3) is 0.933. The van der Waals surface area contributed by atoms with Gasteiger partial charge in [-0.2, -0.15) is 11.8 Å². The van der Waals surface area contributed by atoms with Crippen molar-refractivity contribution < 1.29 is 4.79 Å². The molecule has 0 radical (unpaired) electrons. The van der Waals surface area contributed by atoms with Crippen molar-refractivity contribution in [1.29, 1.82) is 0 Å². The number of nitrogens with one attached hydrogen (secondary N) is 1. The van der Waals surface area contributed by atoms with Crippen LogP contribution in [0.5, 0.6) is 0 Å². The van der Waals surface area contributed by atoms with E-state index in [9.17, 15) is 4.79 Å². The molecular weight excluding hydrogens is 256 g/mol. The van der Waals surface area contributed by atoms with Crippen LogP contribution in [0.2, 0.25) is 0 Å². The molecule has 2 aliphatic carbocycles. The average molecular weight is 282 g/mol. The Balaban J connectivity index is 1.69. The molecule has 1 aliphatic heterocycles. The van der Waals surface area contributed by atoms with Gasteiger partial charge in [-0.05, 0) is 51.7 Å². The Kier molecular flexibility index (Phi) is 3.82. The summed E-state index contributed by atoms with van der Waals surface area (Å²) in [4.78, 5) is 15.0. The molecule has 2 saturated carbocycles. The maximum Gasteiger partial charge on any atom is 0.244 e. The maximum absolute atomic E-state index is 12.8. The molecule has 19 heavy (non-hydrogen) atoms. The summed E-state index contributed by atoms with van der Waals surface area (Å²) >= 11 is 1.99. The third-order valence-corrected chi connectivity index (χ3v) is 6.51. The SMILES string of the molecule is CSC1CCC(N2C(=O)C3(CCCC3)NC2C)CC1. The van der Waals surface area contributed by atoms with E-state index in [1.165, 1.54) is 38.5 Å². The number of hydrogen-bond acceptors (Lipinski definition) is 3. The highest BCUT2D eigenvalue weighted by Crippen LogP contribution is 2.39. The molecule has 1 heterocycles. The molecule has 1 amide bonds. The average Bonchev–Trinajstić information content (AvgIpc) is 2.97. The minimum absolute atomic E-state index is 0.185. The monoisotopic (exact) mass is 282 g/mol. The third-order valence-electron chi connectivity index (χ3n) is 5.37. The first-order valence-electron chi connectivity index (χ1n) is 7.79.